The quantitative estimate of drug-likeness (QED) is 0.863. The van der Waals surface area contributed by atoms with Gasteiger partial charge in [-0.05, 0) is 43.2 Å². The summed E-state index contributed by atoms with van der Waals surface area (Å²) in [5.74, 6) is 1.64. The van der Waals surface area contributed by atoms with Crippen molar-refractivity contribution in [3.05, 3.63) is 24.0 Å². The van der Waals surface area contributed by atoms with Crippen molar-refractivity contribution >= 4 is 22.9 Å². The lowest BCUT2D eigenvalue weighted by molar-refractivity contribution is 0.351. The smallest absolute Gasteiger partial charge is 0.122 e. The SMILES string of the molecule is CC(C)C1CCCN(c2ccc(C(N)=S)nc2)CC1. The van der Waals surface area contributed by atoms with E-state index in [0.29, 0.717) is 10.7 Å². The van der Waals surface area contributed by atoms with Crippen LogP contribution in [0.4, 0.5) is 5.69 Å². The predicted molar refractivity (Wildman–Crippen MR) is 84.5 cm³/mol. The zero-order valence-electron chi connectivity index (χ0n) is 11.8. The first kappa shape index (κ1) is 14.3. The molecule has 1 aliphatic rings. The summed E-state index contributed by atoms with van der Waals surface area (Å²) < 4.78 is 0. The molecule has 0 saturated carbocycles. The first-order valence-electron chi connectivity index (χ1n) is 7.08. The summed E-state index contributed by atoms with van der Waals surface area (Å²) in [6.45, 7) is 6.91. The van der Waals surface area contributed by atoms with Crippen molar-refractivity contribution in [3.63, 3.8) is 0 Å². The molecule has 19 heavy (non-hydrogen) atoms. The first-order valence-corrected chi connectivity index (χ1v) is 7.49. The van der Waals surface area contributed by atoms with E-state index >= 15 is 0 Å². The van der Waals surface area contributed by atoms with Gasteiger partial charge in [0.15, 0.2) is 0 Å². The van der Waals surface area contributed by atoms with Crippen LogP contribution in [0.3, 0.4) is 0 Å². The molecule has 3 nitrogen and oxygen atoms in total. The van der Waals surface area contributed by atoms with Crippen LogP contribution in [-0.2, 0) is 0 Å². The molecule has 0 spiro atoms. The van der Waals surface area contributed by atoms with Crippen molar-refractivity contribution in [1.82, 2.24) is 4.98 Å². The molecule has 104 valence electrons. The van der Waals surface area contributed by atoms with E-state index in [9.17, 15) is 0 Å². The van der Waals surface area contributed by atoms with Gasteiger partial charge < -0.3 is 10.6 Å². The van der Waals surface area contributed by atoms with Crippen LogP contribution in [0.1, 0.15) is 38.8 Å². The standard InChI is InChI=1S/C15H23N3S/c1-11(2)12-4-3-8-18(9-7-12)13-5-6-14(15(16)19)17-10-13/h5-6,10-12H,3-4,7-9H2,1-2H3,(H2,16,19). The zero-order valence-corrected chi connectivity index (χ0v) is 12.6. The van der Waals surface area contributed by atoms with Gasteiger partial charge in [0.25, 0.3) is 0 Å². The minimum Gasteiger partial charge on any atom is -0.388 e. The van der Waals surface area contributed by atoms with E-state index in [0.717, 1.165) is 24.9 Å². The molecule has 2 rings (SSSR count). The average Bonchev–Trinajstić information content (AvgIpc) is 2.64. The Morgan fingerprint density at radius 3 is 2.74 bits per heavy atom. The van der Waals surface area contributed by atoms with Gasteiger partial charge >= 0.3 is 0 Å². The van der Waals surface area contributed by atoms with E-state index in [4.69, 9.17) is 18.0 Å². The third-order valence-electron chi connectivity index (χ3n) is 4.08. The Kier molecular flexibility index (Phi) is 4.75. The van der Waals surface area contributed by atoms with E-state index < -0.39 is 0 Å². The van der Waals surface area contributed by atoms with Gasteiger partial charge in [-0.15, -0.1) is 0 Å². The number of pyridine rings is 1. The number of aromatic nitrogens is 1. The third kappa shape index (κ3) is 3.66. The van der Waals surface area contributed by atoms with E-state index in [1.807, 2.05) is 12.3 Å². The highest BCUT2D eigenvalue weighted by molar-refractivity contribution is 7.80. The lowest BCUT2D eigenvalue weighted by Crippen LogP contribution is -2.25. The molecule has 0 radical (unpaired) electrons. The molecule has 0 bridgehead atoms. The fourth-order valence-electron chi connectivity index (χ4n) is 2.77. The summed E-state index contributed by atoms with van der Waals surface area (Å²) in [6, 6.07) is 4.00. The normalized spacial score (nSPS) is 20.4. The van der Waals surface area contributed by atoms with Crippen LogP contribution in [0, 0.1) is 11.8 Å². The lowest BCUT2D eigenvalue weighted by Gasteiger charge is -2.23. The summed E-state index contributed by atoms with van der Waals surface area (Å²) in [6.07, 6.45) is 5.77. The zero-order chi connectivity index (χ0) is 13.8. The Bertz CT molecular complexity index is 428. The van der Waals surface area contributed by atoms with Gasteiger partial charge in [0, 0.05) is 13.1 Å². The van der Waals surface area contributed by atoms with Gasteiger partial charge in [-0.25, -0.2) is 0 Å². The number of anilines is 1. The van der Waals surface area contributed by atoms with Gasteiger partial charge in [-0.3, -0.25) is 4.98 Å². The van der Waals surface area contributed by atoms with Crippen LogP contribution in [0.2, 0.25) is 0 Å². The maximum absolute atomic E-state index is 5.57. The van der Waals surface area contributed by atoms with Crippen LogP contribution in [0.15, 0.2) is 18.3 Å². The molecule has 0 aromatic carbocycles. The number of rotatable bonds is 3. The molecule has 1 aromatic heterocycles. The highest BCUT2D eigenvalue weighted by Crippen LogP contribution is 2.26. The largest absolute Gasteiger partial charge is 0.388 e. The summed E-state index contributed by atoms with van der Waals surface area (Å²) in [5, 5.41) is 0. The highest BCUT2D eigenvalue weighted by atomic mass is 32.1. The maximum atomic E-state index is 5.57. The molecular weight excluding hydrogens is 254 g/mol. The lowest BCUT2D eigenvalue weighted by atomic mass is 9.89. The molecule has 4 heteroatoms. The molecule has 1 unspecified atom stereocenters. The van der Waals surface area contributed by atoms with E-state index in [-0.39, 0.29) is 0 Å². The second-order valence-electron chi connectivity index (χ2n) is 5.69. The number of nitrogens with zero attached hydrogens (tertiary/aromatic N) is 2. The van der Waals surface area contributed by atoms with Crippen LogP contribution < -0.4 is 10.6 Å². The van der Waals surface area contributed by atoms with Gasteiger partial charge in [-0.2, -0.15) is 0 Å². The fraction of sp³-hybridized carbons (Fsp3) is 0.600. The molecule has 1 fully saturated rings. The Balaban J connectivity index is 2.03. The summed E-state index contributed by atoms with van der Waals surface area (Å²) in [5.41, 5.74) is 7.46. The average molecular weight is 277 g/mol. The van der Waals surface area contributed by atoms with Crippen LogP contribution >= 0.6 is 12.2 Å². The molecule has 1 saturated heterocycles. The Morgan fingerprint density at radius 1 is 1.37 bits per heavy atom. The molecule has 1 atom stereocenters. The number of hydrogen-bond donors (Lipinski definition) is 1. The monoisotopic (exact) mass is 277 g/mol. The van der Waals surface area contributed by atoms with Crippen LogP contribution in [-0.4, -0.2) is 23.1 Å². The molecule has 2 heterocycles. The Labute approximate surface area is 121 Å². The number of hydrogen-bond acceptors (Lipinski definition) is 3. The number of nitrogens with two attached hydrogens (primary N) is 1. The second kappa shape index (κ2) is 6.33. The topological polar surface area (TPSA) is 42.1 Å². The number of thiocarbonyl (C=S) groups is 1. The highest BCUT2D eigenvalue weighted by Gasteiger charge is 2.19. The van der Waals surface area contributed by atoms with Crippen LogP contribution in [0.5, 0.6) is 0 Å². The predicted octanol–water partition coefficient (Wildman–Crippen LogP) is 2.98. The van der Waals surface area contributed by atoms with Gasteiger partial charge in [0.05, 0.1) is 17.6 Å². The molecule has 0 aliphatic carbocycles. The van der Waals surface area contributed by atoms with Gasteiger partial charge in [0.1, 0.15) is 4.99 Å². The second-order valence-corrected chi connectivity index (χ2v) is 6.13. The van der Waals surface area contributed by atoms with Crippen molar-refractivity contribution < 1.29 is 0 Å². The van der Waals surface area contributed by atoms with Crippen molar-refractivity contribution in [1.29, 1.82) is 0 Å². The Morgan fingerprint density at radius 2 is 2.16 bits per heavy atom. The van der Waals surface area contributed by atoms with Crippen molar-refractivity contribution in [2.75, 3.05) is 18.0 Å². The van der Waals surface area contributed by atoms with Gasteiger partial charge in [0.2, 0.25) is 0 Å². The maximum Gasteiger partial charge on any atom is 0.122 e. The first-order chi connectivity index (χ1) is 9.08. The molecule has 1 aliphatic heterocycles. The minimum absolute atomic E-state index is 0.363. The van der Waals surface area contributed by atoms with Crippen molar-refractivity contribution in [2.24, 2.45) is 17.6 Å². The third-order valence-corrected chi connectivity index (χ3v) is 4.29. The minimum atomic E-state index is 0.363. The molecule has 0 amide bonds. The Hall–Kier alpha value is -1.16. The van der Waals surface area contributed by atoms with Crippen LogP contribution in [0.25, 0.3) is 0 Å². The summed E-state index contributed by atoms with van der Waals surface area (Å²) >= 11 is 4.93. The molecule has 1 aromatic rings. The summed E-state index contributed by atoms with van der Waals surface area (Å²) in [4.78, 5) is 7.12. The fourth-order valence-corrected chi connectivity index (χ4v) is 2.89. The van der Waals surface area contributed by atoms with E-state index in [2.05, 4.69) is 29.8 Å². The van der Waals surface area contributed by atoms with Gasteiger partial charge in [-0.1, -0.05) is 26.1 Å². The summed E-state index contributed by atoms with van der Waals surface area (Å²) in [7, 11) is 0. The van der Waals surface area contributed by atoms with Crippen molar-refractivity contribution in [2.45, 2.75) is 33.1 Å². The molecule has 2 N–H and O–H groups in total. The molecular formula is C15H23N3S. The van der Waals surface area contributed by atoms with E-state index in [1.165, 1.54) is 24.9 Å². The van der Waals surface area contributed by atoms with E-state index in [1.54, 1.807) is 0 Å². The van der Waals surface area contributed by atoms with Crippen molar-refractivity contribution in [3.8, 4) is 0 Å².